The standard InChI is InChI=1S/C23H29N3O/c24-20(23(25)17-10-8-16(9-11-17)12-14-27)15-19-18-5-1-2-6-21(18)26-13-4-3-7-22(19)26/h1-2,5-6,8-11,20,23,27H,3-4,7,12-15,24-25H2. The Morgan fingerprint density at radius 1 is 1.00 bits per heavy atom. The number of aromatic nitrogens is 1. The quantitative estimate of drug-likeness (QED) is 0.630. The Balaban J connectivity index is 1.60. The Morgan fingerprint density at radius 3 is 2.56 bits per heavy atom. The molecule has 0 fully saturated rings. The average molecular weight is 364 g/mol. The van der Waals surface area contributed by atoms with Gasteiger partial charge in [0.25, 0.3) is 0 Å². The lowest BCUT2D eigenvalue weighted by molar-refractivity contribution is 0.299. The molecule has 0 spiro atoms. The van der Waals surface area contributed by atoms with E-state index in [1.54, 1.807) is 0 Å². The second-order valence-corrected chi connectivity index (χ2v) is 7.66. The molecule has 0 radical (unpaired) electrons. The Kier molecular flexibility index (Phi) is 5.30. The van der Waals surface area contributed by atoms with Crippen molar-refractivity contribution < 1.29 is 5.11 Å². The molecule has 0 bridgehead atoms. The number of nitrogens with two attached hydrogens (primary N) is 2. The van der Waals surface area contributed by atoms with Gasteiger partial charge in [0.05, 0.1) is 0 Å². The molecule has 2 unspecified atom stereocenters. The van der Waals surface area contributed by atoms with E-state index in [1.165, 1.54) is 35.0 Å². The molecule has 2 aromatic carbocycles. The van der Waals surface area contributed by atoms with Gasteiger partial charge in [0.1, 0.15) is 0 Å². The molecule has 1 aromatic heterocycles. The van der Waals surface area contributed by atoms with E-state index in [9.17, 15) is 0 Å². The van der Waals surface area contributed by atoms with Crippen LogP contribution < -0.4 is 11.5 Å². The lowest BCUT2D eigenvalue weighted by Crippen LogP contribution is -2.36. The molecule has 4 heteroatoms. The summed E-state index contributed by atoms with van der Waals surface area (Å²) in [4.78, 5) is 0. The number of aliphatic hydroxyl groups is 1. The minimum Gasteiger partial charge on any atom is -0.396 e. The maximum atomic E-state index is 9.07. The van der Waals surface area contributed by atoms with E-state index in [0.29, 0.717) is 6.42 Å². The van der Waals surface area contributed by atoms with Gasteiger partial charge in [0, 0.05) is 41.8 Å². The first-order chi connectivity index (χ1) is 13.2. The maximum absolute atomic E-state index is 9.07. The molecule has 3 aromatic rings. The van der Waals surface area contributed by atoms with Crippen LogP contribution in [0.15, 0.2) is 48.5 Å². The smallest absolute Gasteiger partial charge is 0.0485 e. The molecule has 4 nitrogen and oxygen atoms in total. The van der Waals surface area contributed by atoms with Gasteiger partial charge >= 0.3 is 0 Å². The first-order valence-electron chi connectivity index (χ1n) is 9.99. The third-order valence-electron chi connectivity index (χ3n) is 5.91. The molecule has 4 rings (SSSR count). The van der Waals surface area contributed by atoms with E-state index >= 15 is 0 Å². The van der Waals surface area contributed by atoms with Crippen molar-refractivity contribution in [3.63, 3.8) is 0 Å². The van der Waals surface area contributed by atoms with Gasteiger partial charge in [-0.1, -0.05) is 42.5 Å². The first-order valence-corrected chi connectivity index (χ1v) is 9.99. The first kappa shape index (κ1) is 18.2. The zero-order chi connectivity index (χ0) is 18.8. The highest BCUT2D eigenvalue weighted by molar-refractivity contribution is 5.85. The van der Waals surface area contributed by atoms with E-state index in [4.69, 9.17) is 16.6 Å². The van der Waals surface area contributed by atoms with Gasteiger partial charge in [-0.05, 0) is 54.9 Å². The molecule has 0 aliphatic carbocycles. The lowest BCUT2D eigenvalue weighted by atomic mass is 9.92. The van der Waals surface area contributed by atoms with Crippen molar-refractivity contribution in [2.24, 2.45) is 11.5 Å². The fourth-order valence-corrected chi connectivity index (χ4v) is 4.40. The summed E-state index contributed by atoms with van der Waals surface area (Å²) in [7, 11) is 0. The summed E-state index contributed by atoms with van der Waals surface area (Å²) < 4.78 is 2.48. The van der Waals surface area contributed by atoms with Crippen molar-refractivity contribution in [2.45, 2.75) is 50.7 Å². The summed E-state index contributed by atoms with van der Waals surface area (Å²) in [5.41, 5.74) is 19.4. The predicted octanol–water partition coefficient (Wildman–Crippen LogP) is 3.08. The van der Waals surface area contributed by atoms with Gasteiger partial charge in [0.15, 0.2) is 0 Å². The number of hydrogen-bond acceptors (Lipinski definition) is 3. The van der Waals surface area contributed by atoms with E-state index in [0.717, 1.165) is 30.5 Å². The largest absolute Gasteiger partial charge is 0.396 e. The number of rotatable bonds is 6. The normalized spacial score (nSPS) is 16.3. The minimum atomic E-state index is -0.203. The van der Waals surface area contributed by atoms with Crippen LogP contribution in [0.5, 0.6) is 0 Å². The van der Waals surface area contributed by atoms with Gasteiger partial charge < -0.3 is 21.1 Å². The number of nitrogens with zero attached hydrogens (tertiary/aromatic N) is 1. The molecule has 0 saturated carbocycles. The minimum absolute atomic E-state index is 0.133. The van der Waals surface area contributed by atoms with Crippen molar-refractivity contribution in [2.75, 3.05) is 6.61 Å². The van der Waals surface area contributed by atoms with Gasteiger partial charge in [-0.3, -0.25) is 0 Å². The molecule has 1 aliphatic rings. The van der Waals surface area contributed by atoms with Crippen LogP contribution in [0, 0.1) is 0 Å². The summed E-state index contributed by atoms with van der Waals surface area (Å²) in [5, 5.41) is 10.4. The SMILES string of the molecule is NC(Cc1c2n(c3ccccc13)CCCC2)C(N)c1ccc(CCO)cc1. The van der Waals surface area contributed by atoms with Crippen LogP contribution in [-0.4, -0.2) is 22.3 Å². The molecule has 1 aliphatic heterocycles. The van der Waals surface area contributed by atoms with Gasteiger partial charge in [-0.2, -0.15) is 0 Å². The molecule has 0 saturated heterocycles. The van der Waals surface area contributed by atoms with Crippen molar-refractivity contribution in [1.29, 1.82) is 0 Å². The zero-order valence-corrected chi connectivity index (χ0v) is 15.8. The molecule has 142 valence electrons. The monoisotopic (exact) mass is 363 g/mol. The number of fused-ring (bicyclic) bond motifs is 3. The molecular formula is C23H29N3O. The van der Waals surface area contributed by atoms with E-state index in [2.05, 4.69) is 28.8 Å². The summed E-state index contributed by atoms with van der Waals surface area (Å²) in [6.45, 7) is 1.27. The fourth-order valence-electron chi connectivity index (χ4n) is 4.40. The number of benzene rings is 2. The van der Waals surface area contributed by atoms with Crippen molar-refractivity contribution >= 4 is 10.9 Å². The van der Waals surface area contributed by atoms with Crippen molar-refractivity contribution in [3.05, 3.63) is 70.9 Å². The van der Waals surface area contributed by atoms with Crippen molar-refractivity contribution in [3.8, 4) is 0 Å². The Bertz CT molecular complexity index is 913. The second kappa shape index (κ2) is 7.85. The van der Waals surface area contributed by atoms with Gasteiger partial charge in [-0.15, -0.1) is 0 Å². The van der Waals surface area contributed by atoms with E-state index < -0.39 is 0 Å². The third-order valence-corrected chi connectivity index (χ3v) is 5.91. The van der Waals surface area contributed by atoms with E-state index in [1.807, 2.05) is 24.3 Å². The Morgan fingerprint density at radius 2 is 1.78 bits per heavy atom. The summed E-state index contributed by atoms with van der Waals surface area (Å²) in [6, 6.07) is 16.5. The summed E-state index contributed by atoms with van der Waals surface area (Å²) in [5.74, 6) is 0. The Hall–Kier alpha value is -2.14. The molecule has 5 N–H and O–H groups in total. The number of aliphatic hydroxyl groups excluding tert-OH is 1. The third kappa shape index (κ3) is 3.53. The van der Waals surface area contributed by atoms with Crippen LogP contribution in [0.25, 0.3) is 10.9 Å². The van der Waals surface area contributed by atoms with Gasteiger partial charge in [0.2, 0.25) is 0 Å². The highest BCUT2D eigenvalue weighted by Gasteiger charge is 2.23. The highest BCUT2D eigenvalue weighted by atomic mass is 16.2. The molecule has 27 heavy (non-hydrogen) atoms. The lowest BCUT2D eigenvalue weighted by Gasteiger charge is -2.22. The van der Waals surface area contributed by atoms with Crippen LogP contribution in [0.3, 0.4) is 0 Å². The fraction of sp³-hybridized carbons (Fsp3) is 0.391. The van der Waals surface area contributed by atoms with Crippen LogP contribution in [0.1, 0.15) is 41.3 Å². The van der Waals surface area contributed by atoms with Crippen LogP contribution in [0.2, 0.25) is 0 Å². The zero-order valence-electron chi connectivity index (χ0n) is 15.8. The predicted molar refractivity (Wildman–Crippen MR) is 111 cm³/mol. The van der Waals surface area contributed by atoms with Crippen LogP contribution in [-0.2, 0) is 25.8 Å². The molecule has 0 amide bonds. The topological polar surface area (TPSA) is 77.2 Å². The number of hydrogen-bond donors (Lipinski definition) is 3. The molecule has 2 atom stereocenters. The average Bonchev–Trinajstić information content (AvgIpc) is 3.02. The second-order valence-electron chi connectivity index (χ2n) is 7.66. The number of aryl methyl sites for hydroxylation is 1. The molecule has 2 heterocycles. The highest BCUT2D eigenvalue weighted by Crippen LogP contribution is 2.32. The summed E-state index contributed by atoms with van der Waals surface area (Å²) in [6.07, 6.45) is 5.09. The number of para-hydroxylation sites is 1. The van der Waals surface area contributed by atoms with Crippen LogP contribution in [0.4, 0.5) is 0 Å². The summed E-state index contributed by atoms with van der Waals surface area (Å²) >= 11 is 0. The van der Waals surface area contributed by atoms with Gasteiger partial charge in [-0.25, -0.2) is 0 Å². The Labute approximate surface area is 160 Å². The van der Waals surface area contributed by atoms with Crippen LogP contribution >= 0.6 is 0 Å². The maximum Gasteiger partial charge on any atom is 0.0485 e. The van der Waals surface area contributed by atoms with Crippen molar-refractivity contribution in [1.82, 2.24) is 4.57 Å². The molecular weight excluding hydrogens is 334 g/mol. The van der Waals surface area contributed by atoms with E-state index in [-0.39, 0.29) is 18.7 Å².